The topological polar surface area (TPSA) is 34.6 Å². The van der Waals surface area contributed by atoms with Gasteiger partial charge in [0.1, 0.15) is 19.0 Å². The van der Waals surface area contributed by atoms with Crippen LogP contribution in [0.5, 0.6) is 11.5 Å². The fourth-order valence-corrected chi connectivity index (χ4v) is 3.23. The minimum Gasteiger partial charge on any atom is -0.486 e. The molecule has 2 aliphatic rings. The van der Waals surface area contributed by atoms with Gasteiger partial charge in [-0.1, -0.05) is 12.8 Å². The number of pyridine rings is 1. The standard InChI is InChI=1S/C17H20N2O2/c1-2-4-8-19(7-3-1)17-14-12-16-15(20-9-10-21-16)11-13(14)5-6-18-17/h5-6,11-12H,1-4,7-10H2. The van der Waals surface area contributed by atoms with Crippen LogP contribution >= 0.6 is 0 Å². The van der Waals surface area contributed by atoms with Gasteiger partial charge in [-0.25, -0.2) is 4.98 Å². The summed E-state index contributed by atoms with van der Waals surface area (Å²) in [5.41, 5.74) is 0. The van der Waals surface area contributed by atoms with Crippen LogP contribution in [0.15, 0.2) is 24.4 Å². The molecular formula is C17H20N2O2. The summed E-state index contributed by atoms with van der Waals surface area (Å²) < 4.78 is 11.4. The molecule has 1 aromatic heterocycles. The van der Waals surface area contributed by atoms with Gasteiger partial charge in [0, 0.05) is 24.7 Å². The first kappa shape index (κ1) is 12.7. The molecule has 1 fully saturated rings. The van der Waals surface area contributed by atoms with Gasteiger partial charge in [0.15, 0.2) is 11.5 Å². The number of aromatic nitrogens is 1. The Kier molecular flexibility index (Phi) is 3.30. The van der Waals surface area contributed by atoms with Crippen LogP contribution in [0, 0.1) is 0 Å². The Morgan fingerprint density at radius 3 is 2.38 bits per heavy atom. The second-order valence-electron chi connectivity index (χ2n) is 5.75. The smallest absolute Gasteiger partial charge is 0.162 e. The maximum atomic E-state index is 5.73. The number of hydrogen-bond acceptors (Lipinski definition) is 4. The fraction of sp³-hybridized carbons (Fsp3) is 0.471. The van der Waals surface area contributed by atoms with Gasteiger partial charge in [-0.2, -0.15) is 0 Å². The van der Waals surface area contributed by atoms with Crippen LogP contribution in [0.2, 0.25) is 0 Å². The van der Waals surface area contributed by atoms with Crippen molar-refractivity contribution in [3.05, 3.63) is 24.4 Å². The van der Waals surface area contributed by atoms with Crippen molar-refractivity contribution in [1.82, 2.24) is 4.98 Å². The highest BCUT2D eigenvalue weighted by molar-refractivity contribution is 5.94. The molecule has 0 aliphatic carbocycles. The van der Waals surface area contributed by atoms with Crippen LogP contribution in [0.4, 0.5) is 5.82 Å². The first-order valence-corrected chi connectivity index (χ1v) is 7.85. The Labute approximate surface area is 124 Å². The molecule has 110 valence electrons. The average Bonchev–Trinajstić information content (AvgIpc) is 2.81. The van der Waals surface area contributed by atoms with Gasteiger partial charge >= 0.3 is 0 Å². The summed E-state index contributed by atoms with van der Waals surface area (Å²) in [4.78, 5) is 7.07. The first-order chi connectivity index (χ1) is 10.4. The highest BCUT2D eigenvalue weighted by atomic mass is 16.6. The molecule has 0 unspecified atom stereocenters. The van der Waals surface area contributed by atoms with Gasteiger partial charge in [0.2, 0.25) is 0 Å². The third kappa shape index (κ3) is 2.39. The maximum absolute atomic E-state index is 5.73. The third-order valence-electron chi connectivity index (χ3n) is 4.31. The largest absolute Gasteiger partial charge is 0.486 e. The number of rotatable bonds is 1. The van der Waals surface area contributed by atoms with E-state index >= 15 is 0 Å². The summed E-state index contributed by atoms with van der Waals surface area (Å²) in [6.45, 7) is 3.45. The quantitative estimate of drug-likeness (QED) is 0.804. The van der Waals surface area contributed by atoms with Crippen LogP contribution in [-0.4, -0.2) is 31.3 Å². The lowest BCUT2D eigenvalue weighted by molar-refractivity contribution is 0.172. The number of nitrogens with zero attached hydrogens (tertiary/aromatic N) is 2. The zero-order valence-electron chi connectivity index (χ0n) is 12.2. The Morgan fingerprint density at radius 1 is 0.905 bits per heavy atom. The van der Waals surface area contributed by atoms with Gasteiger partial charge < -0.3 is 14.4 Å². The molecule has 0 spiro atoms. The Hall–Kier alpha value is -1.97. The fourth-order valence-electron chi connectivity index (χ4n) is 3.23. The summed E-state index contributed by atoms with van der Waals surface area (Å²) in [5, 5.41) is 2.34. The van der Waals surface area contributed by atoms with Crippen LogP contribution in [0.3, 0.4) is 0 Å². The van der Waals surface area contributed by atoms with Crippen LogP contribution < -0.4 is 14.4 Å². The van der Waals surface area contributed by atoms with Gasteiger partial charge in [-0.3, -0.25) is 0 Å². The van der Waals surface area contributed by atoms with Crippen LogP contribution in [-0.2, 0) is 0 Å². The molecule has 4 rings (SSSR count). The number of ether oxygens (including phenoxy) is 2. The first-order valence-electron chi connectivity index (χ1n) is 7.85. The van der Waals surface area contributed by atoms with E-state index in [4.69, 9.17) is 9.47 Å². The second-order valence-corrected chi connectivity index (χ2v) is 5.75. The van der Waals surface area contributed by atoms with E-state index < -0.39 is 0 Å². The van der Waals surface area contributed by atoms with E-state index in [9.17, 15) is 0 Å². The molecule has 0 saturated carbocycles. The lowest BCUT2D eigenvalue weighted by Gasteiger charge is -2.24. The molecule has 2 aliphatic heterocycles. The molecule has 0 bridgehead atoms. The molecule has 0 N–H and O–H groups in total. The normalized spacial score (nSPS) is 18.6. The molecular weight excluding hydrogens is 264 g/mol. The van der Waals surface area contributed by atoms with Crippen molar-refractivity contribution in [2.75, 3.05) is 31.2 Å². The second kappa shape index (κ2) is 5.43. The van der Waals surface area contributed by atoms with Crippen molar-refractivity contribution < 1.29 is 9.47 Å². The molecule has 3 heterocycles. The minimum atomic E-state index is 0.623. The number of benzene rings is 1. The van der Waals surface area contributed by atoms with Crippen molar-refractivity contribution in [3.63, 3.8) is 0 Å². The Bertz CT molecular complexity index is 649. The molecule has 0 amide bonds. The molecule has 21 heavy (non-hydrogen) atoms. The molecule has 0 atom stereocenters. The zero-order chi connectivity index (χ0) is 14.1. The molecule has 4 heteroatoms. The van der Waals surface area contributed by atoms with E-state index in [0.29, 0.717) is 13.2 Å². The summed E-state index contributed by atoms with van der Waals surface area (Å²) in [5.74, 6) is 2.78. The van der Waals surface area contributed by atoms with E-state index in [1.165, 1.54) is 36.5 Å². The Balaban J connectivity index is 1.81. The lowest BCUT2D eigenvalue weighted by atomic mass is 10.1. The predicted octanol–water partition coefficient (Wildman–Crippen LogP) is 3.39. The van der Waals surface area contributed by atoms with Crippen molar-refractivity contribution >= 4 is 16.6 Å². The zero-order valence-corrected chi connectivity index (χ0v) is 12.2. The number of fused-ring (bicyclic) bond motifs is 2. The SMILES string of the molecule is c1cc2cc3c(cc2c(N2CCCCCC2)n1)OCCO3. The van der Waals surface area contributed by atoms with E-state index in [-0.39, 0.29) is 0 Å². The molecule has 1 aromatic carbocycles. The molecule has 4 nitrogen and oxygen atoms in total. The monoisotopic (exact) mass is 284 g/mol. The van der Waals surface area contributed by atoms with Crippen molar-refractivity contribution in [2.24, 2.45) is 0 Å². The van der Waals surface area contributed by atoms with Gasteiger partial charge in [0.25, 0.3) is 0 Å². The van der Waals surface area contributed by atoms with Crippen LogP contribution in [0.1, 0.15) is 25.7 Å². The summed E-state index contributed by atoms with van der Waals surface area (Å²) in [6.07, 6.45) is 7.06. The van der Waals surface area contributed by atoms with E-state index in [2.05, 4.69) is 28.1 Å². The highest BCUT2D eigenvalue weighted by Crippen LogP contribution is 2.37. The summed E-state index contributed by atoms with van der Waals surface area (Å²) in [6, 6.07) is 6.22. The molecule has 0 radical (unpaired) electrons. The maximum Gasteiger partial charge on any atom is 0.162 e. The van der Waals surface area contributed by atoms with Gasteiger partial charge in [-0.05, 0) is 36.4 Å². The third-order valence-corrected chi connectivity index (χ3v) is 4.31. The predicted molar refractivity (Wildman–Crippen MR) is 83.4 cm³/mol. The van der Waals surface area contributed by atoms with Gasteiger partial charge in [-0.15, -0.1) is 0 Å². The van der Waals surface area contributed by atoms with Crippen molar-refractivity contribution in [3.8, 4) is 11.5 Å². The lowest BCUT2D eigenvalue weighted by Crippen LogP contribution is -2.25. The van der Waals surface area contributed by atoms with Crippen LogP contribution in [0.25, 0.3) is 10.8 Å². The van der Waals surface area contributed by atoms with E-state index in [0.717, 1.165) is 30.4 Å². The van der Waals surface area contributed by atoms with E-state index in [1.54, 1.807) is 0 Å². The highest BCUT2D eigenvalue weighted by Gasteiger charge is 2.18. The van der Waals surface area contributed by atoms with Crippen molar-refractivity contribution in [1.29, 1.82) is 0 Å². The minimum absolute atomic E-state index is 0.623. The molecule has 1 saturated heterocycles. The number of hydrogen-bond donors (Lipinski definition) is 0. The summed E-state index contributed by atoms with van der Waals surface area (Å²) in [7, 11) is 0. The van der Waals surface area contributed by atoms with Gasteiger partial charge in [0.05, 0.1) is 0 Å². The number of anilines is 1. The van der Waals surface area contributed by atoms with E-state index in [1.807, 2.05) is 6.20 Å². The average molecular weight is 284 g/mol. The summed E-state index contributed by atoms with van der Waals surface area (Å²) >= 11 is 0. The van der Waals surface area contributed by atoms with Crippen molar-refractivity contribution in [2.45, 2.75) is 25.7 Å². The molecule has 2 aromatic rings. The Morgan fingerprint density at radius 2 is 1.62 bits per heavy atom.